The molecule has 0 radical (unpaired) electrons. The lowest BCUT2D eigenvalue weighted by Crippen LogP contribution is -2.25. The molecule has 0 fully saturated rings. The van der Waals surface area contributed by atoms with E-state index in [0.717, 1.165) is 18.9 Å². The van der Waals surface area contributed by atoms with Crippen molar-refractivity contribution in [3.63, 3.8) is 0 Å². The normalized spacial score (nSPS) is 22.2. The highest BCUT2D eigenvalue weighted by Gasteiger charge is 2.32. The first kappa shape index (κ1) is 8.60. The second-order valence-electron chi connectivity index (χ2n) is 4.68. The number of H-pyrrole nitrogens is 1. The fraction of sp³-hybridized carbons (Fsp3) is 0.700. The summed E-state index contributed by atoms with van der Waals surface area (Å²) in [5.74, 6) is 1.34. The van der Waals surface area contributed by atoms with E-state index in [2.05, 4.69) is 30.7 Å². The molecule has 1 aromatic rings. The van der Waals surface area contributed by atoms with E-state index in [1.54, 1.807) is 6.33 Å². The Labute approximate surface area is 78.5 Å². The molecule has 0 spiro atoms. The molecule has 72 valence electrons. The van der Waals surface area contributed by atoms with Crippen LogP contribution >= 0.6 is 0 Å². The van der Waals surface area contributed by atoms with Crippen LogP contribution in [0.5, 0.6) is 5.88 Å². The monoisotopic (exact) mass is 180 g/mol. The maximum absolute atomic E-state index is 5.45. The third kappa shape index (κ3) is 1.43. The number of hydrogen-bond acceptors (Lipinski definition) is 2. The summed E-state index contributed by atoms with van der Waals surface area (Å²) in [5, 5.41) is 0. The topological polar surface area (TPSA) is 37.9 Å². The number of ether oxygens (including phenoxy) is 1. The van der Waals surface area contributed by atoms with Crippen LogP contribution in [0.1, 0.15) is 38.8 Å². The summed E-state index contributed by atoms with van der Waals surface area (Å²) >= 11 is 0. The zero-order chi connectivity index (χ0) is 9.47. The van der Waals surface area contributed by atoms with Crippen LogP contribution in [0, 0.1) is 5.41 Å². The van der Waals surface area contributed by atoms with Gasteiger partial charge in [0.1, 0.15) is 0 Å². The van der Waals surface area contributed by atoms with E-state index >= 15 is 0 Å². The van der Waals surface area contributed by atoms with Gasteiger partial charge < -0.3 is 9.72 Å². The molecule has 1 aromatic heterocycles. The van der Waals surface area contributed by atoms with Gasteiger partial charge in [-0.2, -0.15) is 0 Å². The molecule has 13 heavy (non-hydrogen) atoms. The number of hydrogen-bond donors (Lipinski definition) is 1. The molecule has 0 aliphatic carbocycles. The van der Waals surface area contributed by atoms with Gasteiger partial charge in [-0.05, 0) is 11.8 Å². The zero-order valence-corrected chi connectivity index (χ0v) is 8.42. The second-order valence-corrected chi connectivity index (χ2v) is 4.68. The lowest BCUT2D eigenvalue weighted by molar-refractivity contribution is 0.196. The van der Waals surface area contributed by atoms with Gasteiger partial charge in [0.25, 0.3) is 0 Å². The third-order valence-corrected chi connectivity index (χ3v) is 2.67. The molecule has 3 heteroatoms. The van der Waals surface area contributed by atoms with Crippen LogP contribution in [-0.4, -0.2) is 16.6 Å². The first-order valence-electron chi connectivity index (χ1n) is 4.75. The van der Waals surface area contributed by atoms with Crippen LogP contribution in [0.2, 0.25) is 0 Å². The van der Waals surface area contributed by atoms with E-state index in [4.69, 9.17) is 4.74 Å². The minimum absolute atomic E-state index is 0.283. The summed E-state index contributed by atoms with van der Waals surface area (Å²) < 4.78 is 5.45. The number of rotatable bonds is 0. The van der Waals surface area contributed by atoms with Gasteiger partial charge in [-0.3, -0.25) is 0 Å². The molecule has 0 aromatic carbocycles. The SMILES string of the molecule is CC(C)(C)C1CCOc2nc[nH]c21. The van der Waals surface area contributed by atoms with Crippen molar-refractivity contribution in [2.75, 3.05) is 6.61 Å². The van der Waals surface area contributed by atoms with Crippen LogP contribution < -0.4 is 4.74 Å². The lowest BCUT2D eigenvalue weighted by Gasteiger charge is -2.32. The van der Waals surface area contributed by atoms with Crippen LogP contribution in [-0.2, 0) is 0 Å². The van der Waals surface area contributed by atoms with Crippen LogP contribution in [0.25, 0.3) is 0 Å². The van der Waals surface area contributed by atoms with Gasteiger partial charge >= 0.3 is 0 Å². The number of aromatic amines is 1. The van der Waals surface area contributed by atoms with Gasteiger partial charge in [0.05, 0.1) is 18.6 Å². The summed E-state index contributed by atoms with van der Waals surface area (Å²) in [5.41, 5.74) is 1.45. The van der Waals surface area contributed by atoms with E-state index in [-0.39, 0.29) is 5.41 Å². The Kier molecular flexibility index (Phi) is 1.82. The average Bonchev–Trinajstić information content (AvgIpc) is 2.48. The van der Waals surface area contributed by atoms with E-state index in [0.29, 0.717) is 5.92 Å². The number of nitrogens with one attached hydrogen (secondary N) is 1. The quantitative estimate of drug-likeness (QED) is 0.665. The van der Waals surface area contributed by atoms with Crippen LogP contribution in [0.3, 0.4) is 0 Å². The number of nitrogens with zero attached hydrogens (tertiary/aromatic N) is 1. The summed E-state index contributed by atoms with van der Waals surface area (Å²) in [7, 11) is 0. The number of imidazole rings is 1. The first-order valence-corrected chi connectivity index (χ1v) is 4.75. The summed E-state index contributed by atoms with van der Waals surface area (Å²) in [6.45, 7) is 7.56. The smallest absolute Gasteiger partial charge is 0.235 e. The van der Waals surface area contributed by atoms with Crippen molar-refractivity contribution in [1.29, 1.82) is 0 Å². The molecule has 0 amide bonds. The molecular weight excluding hydrogens is 164 g/mol. The number of fused-ring (bicyclic) bond motifs is 1. The fourth-order valence-corrected chi connectivity index (χ4v) is 1.94. The van der Waals surface area contributed by atoms with E-state index in [1.165, 1.54) is 5.69 Å². The van der Waals surface area contributed by atoms with Gasteiger partial charge in [0.15, 0.2) is 0 Å². The molecule has 3 nitrogen and oxygen atoms in total. The Bertz CT molecular complexity index is 298. The lowest BCUT2D eigenvalue weighted by atomic mass is 9.76. The standard InChI is InChI=1S/C10H16N2O/c1-10(2,3)7-4-5-13-9-8(7)11-6-12-9/h6-7H,4-5H2,1-3H3,(H,11,12). The van der Waals surface area contributed by atoms with Crippen molar-refractivity contribution >= 4 is 0 Å². The minimum atomic E-state index is 0.283. The van der Waals surface area contributed by atoms with Gasteiger partial charge in [-0.25, -0.2) is 4.98 Å². The largest absolute Gasteiger partial charge is 0.476 e. The van der Waals surface area contributed by atoms with E-state index in [1.807, 2.05) is 0 Å². The molecule has 2 heterocycles. The summed E-state index contributed by atoms with van der Waals surface area (Å²) in [4.78, 5) is 7.32. The van der Waals surface area contributed by atoms with Crippen molar-refractivity contribution in [3.8, 4) is 5.88 Å². The highest BCUT2D eigenvalue weighted by molar-refractivity contribution is 5.26. The predicted molar refractivity (Wildman–Crippen MR) is 50.9 cm³/mol. The third-order valence-electron chi connectivity index (χ3n) is 2.67. The minimum Gasteiger partial charge on any atom is -0.476 e. The van der Waals surface area contributed by atoms with Gasteiger partial charge in [0, 0.05) is 5.92 Å². The van der Waals surface area contributed by atoms with Crippen LogP contribution in [0.4, 0.5) is 0 Å². The Hall–Kier alpha value is -0.990. The Balaban J connectivity index is 2.35. The predicted octanol–water partition coefficient (Wildman–Crippen LogP) is 2.32. The molecule has 2 rings (SSSR count). The molecule has 0 saturated carbocycles. The molecule has 1 aliphatic heterocycles. The Morgan fingerprint density at radius 2 is 2.31 bits per heavy atom. The maximum Gasteiger partial charge on any atom is 0.235 e. The summed E-state index contributed by atoms with van der Waals surface area (Å²) in [6, 6.07) is 0. The highest BCUT2D eigenvalue weighted by atomic mass is 16.5. The average molecular weight is 180 g/mol. The van der Waals surface area contributed by atoms with Gasteiger partial charge in [-0.1, -0.05) is 20.8 Å². The van der Waals surface area contributed by atoms with Gasteiger partial charge in [0.2, 0.25) is 5.88 Å². The molecule has 0 bridgehead atoms. The van der Waals surface area contributed by atoms with Crippen LogP contribution in [0.15, 0.2) is 6.33 Å². The Morgan fingerprint density at radius 3 is 3.00 bits per heavy atom. The molecule has 1 unspecified atom stereocenters. The fourth-order valence-electron chi connectivity index (χ4n) is 1.94. The molecule has 1 atom stereocenters. The number of aromatic nitrogens is 2. The molecule has 1 aliphatic rings. The molecular formula is C10H16N2O. The second kappa shape index (κ2) is 2.76. The van der Waals surface area contributed by atoms with E-state index in [9.17, 15) is 0 Å². The Morgan fingerprint density at radius 1 is 1.54 bits per heavy atom. The van der Waals surface area contributed by atoms with E-state index < -0.39 is 0 Å². The van der Waals surface area contributed by atoms with Gasteiger partial charge in [-0.15, -0.1) is 0 Å². The zero-order valence-electron chi connectivity index (χ0n) is 8.42. The molecule has 1 N–H and O–H groups in total. The highest BCUT2D eigenvalue weighted by Crippen LogP contribution is 2.42. The summed E-state index contributed by atoms with van der Waals surface area (Å²) in [6.07, 6.45) is 2.80. The maximum atomic E-state index is 5.45. The van der Waals surface area contributed by atoms with Crippen molar-refractivity contribution in [1.82, 2.24) is 9.97 Å². The van der Waals surface area contributed by atoms with Crippen molar-refractivity contribution in [2.45, 2.75) is 33.1 Å². The van der Waals surface area contributed by atoms with Crippen molar-refractivity contribution in [2.24, 2.45) is 5.41 Å². The van der Waals surface area contributed by atoms with Crippen molar-refractivity contribution < 1.29 is 4.74 Å². The van der Waals surface area contributed by atoms with Crippen molar-refractivity contribution in [3.05, 3.63) is 12.0 Å². The molecule has 0 saturated heterocycles. The first-order chi connectivity index (χ1) is 6.09.